The van der Waals surface area contributed by atoms with Crippen LogP contribution in [0.1, 0.15) is 19.4 Å². The van der Waals surface area contributed by atoms with E-state index in [1.807, 2.05) is 29.1 Å². The first-order chi connectivity index (χ1) is 9.83. The standard InChI is InChI=1S/C15H21N5.HI/c1-3-16-15(17-4-2)18-12-13-7-5-8-14(11-13)20-10-6-9-19-20;/h5-11H,3-4,12H2,1-2H3,(H2,16,17,18);1H. The molecule has 0 atom stereocenters. The summed E-state index contributed by atoms with van der Waals surface area (Å²) in [5.74, 6) is 0.847. The molecule has 1 aromatic heterocycles. The average Bonchev–Trinajstić information content (AvgIpc) is 3.00. The summed E-state index contributed by atoms with van der Waals surface area (Å²) >= 11 is 0. The summed E-state index contributed by atoms with van der Waals surface area (Å²) < 4.78 is 1.85. The number of nitrogens with zero attached hydrogens (tertiary/aromatic N) is 3. The fraction of sp³-hybridized carbons (Fsp3) is 0.333. The number of rotatable bonds is 5. The van der Waals surface area contributed by atoms with Gasteiger partial charge >= 0.3 is 0 Å². The van der Waals surface area contributed by atoms with E-state index in [9.17, 15) is 0 Å². The van der Waals surface area contributed by atoms with Crippen molar-refractivity contribution in [2.75, 3.05) is 13.1 Å². The minimum atomic E-state index is 0. The van der Waals surface area contributed by atoms with Crippen LogP contribution in [0.25, 0.3) is 5.69 Å². The number of hydrogen-bond acceptors (Lipinski definition) is 2. The zero-order chi connectivity index (χ0) is 14.2. The highest BCUT2D eigenvalue weighted by Gasteiger charge is 1.99. The van der Waals surface area contributed by atoms with E-state index in [1.165, 1.54) is 0 Å². The Kier molecular flexibility index (Phi) is 7.81. The summed E-state index contributed by atoms with van der Waals surface area (Å²) in [6, 6.07) is 10.2. The van der Waals surface area contributed by atoms with Crippen molar-refractivity contribution in [2.24, 2.45) is 4.99 Å². The van der Waals surface area contributed by atoms with E-state index in [2.05, 4.69) is 46.7 Å². The van der Waals surface area contributed by atoms with Gasteiger partial charge in [-0.15, -0.1) is 24.0 Å². The molecule has 0 amide bonds. The lowest BCUT2D eigenvalue weighted by atomic mass is 10.2. The third kappa shape index (κ3) is 5.37. The molecule has 0 spiro atoms. The molecular formula is C15H22IN5. The molecule has 0 aliphatic heterocycles. The Balaban J connectivity index is 0.00000220. The molecule has 0 fully saturated rings. The van der Waals surface area contributed by atoms with Crippen LogP contribution in [0.2, 0.25) is 0 Å². The van der Waals surface area contributed by atoms with Gasteiger partial charge in [0.25, 0.3) is 0 Å². The number of nitrogens with one attached hydrogen (secondary N) is 2. The number of aromatic nitrogens is 2. The number of aliphatic imine (C=N–C) groups is 1. The molecule has 5 nitrogen and oxygen atoms in total. The normalized spacial score (nSPS) is 9.62. The summed E-state index contributed by atoms with van der Waals surface area (Å²) in [6.07, 6.45) is 3.71. The summed E-state index contributed by atoms with van der Waals surface area (Å²) in [5, 5.41) is 10.7. The number of halogens is 1. The van der Waals surface area contributed by atoms with Crippen LogP contribution < -0.4 is 10.6 Å². The Morgan fingerprint density at radius 1 is 1.19 bits per heavy atom. The van der Waals surface area contributed by atoms with Crippen molar-refractivity contribution in [2.45, 2.75) is 20.4 Å². The van der Waals surface area contributed by atoms with Gasteiger partial charge in [-0.05, 0) is 37.6 Å². The van der Waals surface area contributed by atoms with Crippen LogP contribution in [0.5, 0.6) is 0 Å². The summed E-state index contributed by atoms with van der Waals surface area (Å²) in [7, 11) is 0. The van der Waals surface area contributed by atoms with Crippen molar-refractivity contribution >= 4 is 29.9 Å². The largest absolute Gasteiger partial charge is 0.357 e. The Labute approximate surface area is 142 Å². The second-order valence-corrected chi connectivity index (χ2v) is 4.35. The molecule has 0 radical (unpaired) electrons. The zero-order valence-corrected chi connectivity index (χ0v) is 14.7. The molecule has 0 saturated heterocycles. The minimum Gasteiger partial charge on any atom is -0.357 e. The number of benzene rings is 1. The Hall–Kier alpha value is -1.57. The topological polar surface area (TPSA) is 54.2 Å². The second-order valence-electron chi connectivity index (χ2n) is 4.35. The van der Waals surface area contributed by atoms with E-state index in [-0.39, 0.29) is 24.0 Å². The molecule has 2 aromatic rings. The summed E-state index contributed by atoms with van der Waals surface area (Å²) in [4.78, 5) is 4.56. The lowest BCUT2D eigenvalue weighted by Crippen LogP contribution is -2.36. The lowest BCUT2D eigenvalue weighted by molar-refractivity contribution is 0.837. The first-order valence-electron chi connectivity index (χ1n) is 6.94. The second kappa shape index (κ2) is 9.38. The van der Waals surface area contributed by atoms with Gasteiger partial charge in [0.05, 0.1) is 12.2 Å². The van der Waals surface area contributed by atoms with Crippen molar-refractivity contribution in [3.8, 4) is 5.69 Å². The summed E-state index contributed by atoms with van der Waals surface area (Å²) in [5.41, 5.74) is 2.21. The molecule has 2 rings (SSSR count). The fourth-order valence-electron chi connectivity index (χ4n) is 1.90. The van der Waals surface area contributed by atoms with Crippen molar-refractivity contribution in [1.29, 1.82) is 0 Å². The first kappa shape index (κ1) is 17.5. The van der Waals surface area contributed by atoms with Gasteiger partial charge in [-0.25, -0.2) is 9.67 Å². The third-order valence-corrected chi connectivity index (χ3v) is 2.79. The molecule has 1 aromatic carbocycles. The van der Waals surface area contributed by atoms with Gasteiger partial charge in [0.2, 0.25) is 0 Å². The maximum atomic E-state index is 4.56. The Morgan fingerprint density at radius 2 is 1.95 bits per heavy atom. The van der Waals surface area contributed by atoms with Crippen LogP contribution in [0.15, 0.2) is 47.7 Å². The third-order valence-electron chi connectivity index (χ3n) is 2.79. The molecule has 0 aliphatic rings. The molecule has 21 heavy (non-hydrogen) atoms. The van der Waals surface area contributed by atoms with Crippen molar-refractivity contribution in [1.82, 2.24) is 20.4 Å². The van der Waals surface area contributed by atoms with Crippen LogP contribution in [0.3, 0.4) is 0 Å². The molecule has 0 aliphatic carbocycles. The predicted molar refractivity (Wildman–Crippen MR) is 97.5 cm³/mol. The number of hydrogen-bond donors (Lipinski definition) is 2. The van der Waals surface area contributed by atoms with E-state index in [0.717, 1.165) is 30.3 Å². The maximum absolute atomic E-state index is 4.56. The van der Waals surface area contributed by atoms with Crippen LogP contribution in [-0.2, 0) is 6.54 Å². The molecule has 1 heterocycles. The Bertz CT molecular complexity index is 543. The average molecular weight is 399 g/mol. The maximum Gasteiger partial charge on any atom is 0.191 e. The molecule has 0 saturated carbocycles. The molecule has 6 heteroatoms. The predicted octanol–water partition coefficient (Wildman–Crippen LogP) is 2.57. The van der Waals surface area contributed by atoms with E-state index in [4.69, 9.17) is 0 Å². The number of guanidine groups is 1. The van der Waals surface area contributed by atoms with Crippen LogP contribution >= 0.6 is 24.0 Å². The van der Waals surface area contributed by atoms with Gasteiger partial charge in [-0.3, -0.25) is 0 Å². The molecular weight excluding hydrogens is 377 g/mol. The van der Waals surface area contributed by atoms with Gasteiger partial charge in [0.15, 0.2) is 5.96 Å². The minimum absolute atomic E-state index is 0. The fourth-order valence-corrected chi connectivity index (χ4v) is 1.90. The van der Waals surface area contributed by atoms with E-state index in [1.54, 1.807) is 6.20 Å². The van der Waals surface area contributed by atoms with Gasteiger partial charge in [-0.2, -0.15) is 5.10 Å². The van der Waals surface area contributed by atoms with Crippen LogP contribution in [0.4, 0.5) is 0 Å². The molecule has 2 N–H and O–H groups in total. The van der Waals surface area contributed by atoms with E-state index >= 15 is 0 Å². The molecule has 0 unspecified atom stereocenters. The smallest absolute Gasteiger partial charge is 0.191 e. The Morgan fingerprint density at radius 3 is 2.57 bits per heavy atom. The SMILES string of the molecule is CCNC(=NCc1cccc(-n2cccn2)c1)NCC.I. The monoisotopic (exact) mass is 399 g/mol. The zero-order valence-electron chi connectivity index (χ0n) is 12.4. The van der Waals surface area contributed by atoms with Gasteiger partial charge in [0.1, 0.15) is 0 Å². The van der Waals surface area contributed by atoms with Gasteiger partial charge < -0.3 is 10.6 Å². The lowest BCUT2D eigenvalue weighted by Gasteiger charge is -2.09. The summed E-state index contributed by atoms with van der Waals surface area (Å²) in [6.45, 7) is 6.49. The van der Waals surface area contributed by atoms with Crippen molar-refractivity contribution in [3.05, 3.63) is 48.3 Å². The quantitative estimate of drug-likeness (QED) is 0.462. The van der Waals surface area contributed by atoms with Gasteiger partial charge in [-0.1, -0.05) is 12.1 Å². The van der Waals surface area contributed by atoms with Crippen molar-refractivity contribution in [3.63, 3.8) is 0 Å². The molecule has 0 bridgehead atoms. The first-order valence-corrected chi connectivity index (χ1v) is 6.94. The molecule has 114 valence electrons. The van der Waals surface area contributed by atoms with Gasteiger partial charge in [0, 0.05) is 25.5 Å². The van der Waals surface area contributed by atoms with E-state index < -0.39 is 0 Å². The van der Waals surface area contributed by atoms with E-state index in [0.29, 0.717) is 6.54 Å². The highest BCUT2D eigenvalue weighted by molar-refractivity contribution is 14.0. The van der Waals surface area contributed by atoms with Crippen molar-refractivity contribution < 1.29 is 0 Å². The van der Waals surface area contributed by atoms with Crippen LogP contribution in [-0.4, -0.2) is 28.8 Å². The van der Waals surface area contributed by atoms with Crippen LogP contribution in [0, 0.1) is 0 Å². The highest BCUT2D eigenvalue weighted by atomic mass is 127. The highest BCUT2D eigenvalue weighted by Crippen LogP contribution is 2.10.